The number of hydrogen-bond donors (Lipinski definition) is 0. The minimum atomic E-state index is -0.449. The monoisotopic (exact) mass is 944 g/mol. The second-order valence-corrected chi connectivity index (χ2v) is 18.3. The molecule has 2 aromatic heterocycles. The first-order valence-corrected chi connectivity index (χ1v) is 23.7. The highest BCUT2D eigenvalue weighted by Gasteiger charge is 2.32. The quantitative estimate of drug-likeness (QED) is 0.0572. The van der Waals surface area contributed by atoms with Crippen molar-refractivity contribution in [1.29, 1.82) is 0 Å². The number of nitro groups is 2. The van der Waals surface area contributed by atoms with Gasteiger partial charge in [-0.25, -0.2) is 19.9 Å². The maximum atomic E-state index is 13.7. The number of carbonyl (C=O) groups excluding carboxylic acids is 2. The van der Waals surface area contributed by atoms with Crippen molar-refractivity contribution in [2.75, 3.05) is 62.2 Å². The second kappa shape index (κ2) is 21.4. The number of rotatable bonds is 14. The summed E-state index contributed by atoms with van der Waals surface area (Å²) < 4.78 is 0. The number of nitrogens with zero attached hydrogens (tertiary/aromatic N) is 10. The van der Waals surface area contributed by atoms with E-state index in [9.17, 15) is 29.8 Å². The van der Waals surface area contributed by atoms with Gasteiger partial charge in [0.05, 0.1) is 30.8 Å². The lowest BCUT2D eigenvalue weighted by Crippen LogP contribution is -2.48. The average molecular weight is 945 g/mol. The third kappa shape index (κ3) is 10.7. The van der Waals surface area contributed by atoms with Crippen LogP contribution in [-0.2, 0) is 9.59 Å². The first kappa shape index (κ1) is 47.7. The molecule has 2 amide bonds. The van der Waals surface area contributed by atoms with Gasteiger partial charge in [0.2, 0.25) is 23.7 Å². The van der Waals surface area contributed by atoms with E-state index in [0.29, 0.717) is 97.6 Å². The van der Waals surface area contributed by atoms with Crippen LogP contribution in [-0.4, -0.2) is 104 Å². The largest absolute Gasteiger partial charge is 0.337 e. The van der Waals surface area contributed by atoms with E-state index < -0.39 is 9.85 Å². The van der Waals surface area contributed by atoms with Crippen LogP contribution in [0.15, 0.2) is 132 Å². The third-order valence-electron chi connectivity index (χ3n) is 12.3. The summed E-state index contributed by atoms with van der Waals surface area (Å²) >= 11 is 0.940. The molecule has 2 aliphatic rings. The van der Waals surface area contributed by atoms with Crippen molar-refractivity contribution in [1.82, 2.24) is 29.7 Å². The lowest BCUT2D eigenvalue weighted by Gasteiger charge is -2.34. The normalized spacial score (nSPS) is 14.3. The first-order valence-electron chi connectivity index (χ1n) is 22.9. The zero-order valence-electron chi connectivity index (χ0n) is 38.8. The van der Waals surface area contributed by atoms with Crippen LogP contribution in [0.25, 0.3) is 34.4 Å². The fourth-order valence-electron chi connectivity index (χ4n) is 8.82. The molecular weight excluding hydrogens is 893 g/mol. The molecule has 8 rings (SSSR count). The molecule has 69 heavy (non-hydrogen) atoms. The number of piperazine rings is 2. The molecule has 2 fully saturated rings. The maximum Gasteiger partial charge on any atom is 0.291 e. The molecule has 0 radical (unpaired) electrons. The van der Waals surface area contributed by atoms with Crippen molar-refractivity contribution in [2.24, 2.45) is 0 Å². The van der Waals surface area contributed by atoms with Crippen LogP contribution in [0, 0.1) is 20.2 Å². The van der Waals surface area contributed by atoms with Gasteiger partial charge in [0, 0.05) is 89.3 Å². The highest BCUT2D eigenvalue weighted by atomic mass is 32.2. The Hall–Kier alpha value is -7.79. The topological polar surface area (TPSA) is 185 Å². The van der Waals surface area contributed by atoms with E-state index >= 15 is 0 Å². The molecule has 352 valence electrons. The molecule has 0 bridgehead atoms. The molecule has 2 aliphatic heterocycles. The van der Waals surface area contributed by atoms with Crippen molar-refractivity contribution in [3.05, 3.63) is 164 Å². The number of amides is 2. The fraction of sp³-hybridized carbons (Fsp3) is 0.269. The van der Waals surface area contributed by atoms with Gasteiger partial charge in [-0.05, 0) is 81.6 Å². The van der Waals surface area contributed by atoms with Gasteiger partial charge >= 0.3 is 0 Å². The highest BCUT2D eigenvalue weighted by molar-refractivity contribution is 7.99. The third-order valence-corrected chi connectivity index (χ3v) is 13.4. The van der Waals surface area contributed by atoms with Gasteiger partial charge in [-0.3, -0.25) is 29.8 Å². The van der Waals surface area contributed by atoms with Crippen LogP contribution >= 0.6 is 11.8 Å². The van der Waals surface area contributed by atoms with Gasteiger partial charge in [0.1, 0.15) is 0 Å². The lowest BCUT2D eigenvalue weighted by molar-refractivity contribution is -0.387. The molecule has 2 saturated heterocycles. The number of anilines is 2. The van der Waals surface area contributed by atoms with E-state index in [0.717, 1.165) is 22.9 Å². The number of nitro benzene ring substituents is 2. The summed E-state index contributed by atoms with van der Waals surface area (Å²) in [6.45, 7) is 12.0. The zero-order valence-corrected chi connectivity index (χ0v) is 39.7. The summed E-state index contributed by atoms with van der Waals surface area (Å²) in [5, 5.41) is 27.0. The van der Waals surface area contributed by atoms with Gasteiger partial charge in [-0.15, -0.1) is 0 Å². The number of benzene rings is 4. The predicted molar refractivity (Wildman–Crippen MR) is 269 cm³/mol. The lowest BCUT2D eigenvalue weighted by atomic mass is 9.89. The zero-order chi connectivity index (χ0) is 48.6. The summed E-state index contributed by atoms with van der Waals surface area (Å²) in [6, 6.07) is 25.1. The van der Waals surface area contributed by atoms with E-state index in [-0.39, 0.29) is 44.8 Å². The summed E-state index contributed by atoms with van der Waals surface area (Å²) in [7, 11) is 0. The van der Waals surface area contributed by atoms with Crippen molar-refractivity contribution in [3.63, 3.8) is 0 Å². The van der Waals surface area contributed by atoms with Crippen LogP contribution in [0.2, 0.25) is 0 Å². The SMILES string of the molecule is CC(C)c1ccccc1-c1c(C=CC(=O)N2CCN(c3ncccn3)CC2)ccc(Sc2ccc(C=CC(=O)N3CCN(c4ncccn4)CC3)c(-c3ccccc3C(C)C)c2[N+](=O)[O-])c1[N+](=O)[O-]. The van der Waals surface area contributed by atoms with Crippen LogP contribution in [0.5, 0.6) is 0 Å². The molecule has 16 nitrogen and oxygen atoms in total. The molecule has 0 atom stereocenters. The Labute approximate surface area is 404 Å². The number of aromatic nitrogens is 4. The Bertz CT molecular complexity index is 2720. The Kier molecular flexibility index (Phi) is 14.8. The molecule has 0 spiro atoms. The summed E-state index contributed by atoms with van der Waals surface area (Å²) in [4.78, 5) is 78.7. The Morgan fingerprint density at radius 1 is 0.536 bits per heavy atom. The van der Waals surface area contributed by atoms with Gasteiger partial charge < -0.3 is 19.6 Å². The number of hydrogen-bond acceptors (Lipinski definition) is 13. The molecular formula is C52H52N10O6S. The van der Waals surface area contributed by atoms with Gasteiger partial charge in [0.15, 0.2) is 0 Å². The van der Waals surface area contributed by atoms with Crippen LogP contribution < -0.4 is 9.80 Å². The van der Waals surface area contributed by atoms with Gasteiger partial charge in [-0.1, -0.05) is 100 Å². The standard InChI is InChI=1S/C52H52N10O6S/c1-35(2)39-11-5-7-13-41(39)47-37(17-21-45(63)57-27-31-59(32-28-57)51-53-23-9-24-54-51)15-19-43(49(47)61(65)66)69-44-20-16-38(48(50(44)62(67)68)42-14-8-6-12-40(42)36(3)4)18-22-46(64)58-29-33-60(34-30-58)52-55-25-10-26-56-52/h5-26,35-36H,27-34H2,1-4H3. The minimum Gasteiger partial charge on any atom is -0.337 e. The van der Waals surface area contributed by atoms with E-state index in [2.05, 4.69) is 19.9 Å². The molecule has 17 heteroatoms. The first-order chi connectivity index (χ1) is 33.4. The van der Waals surface area contributed by atoms with E-state index in [4.69, 9.17) is 0 Å². The van der Waals surface area contributed by atoms with E-state index in [1.165, 1.54) is 12.2 Å². The summed E-state index contributed by atoms with van der Waals surface area (Å²) in [5.74, 6) is 0.670. The fourth-order valence-corrected chi connectivity index (χ4v) is 9.87. The molecule has 0 aliphatic carbocycles. The predicted octanol–water partition coefficient (Wildman–Crippen LogP) is 9.54. The average Bonchev–Trinajstić information content (AvgIpc) is 3.37. The molecule has 0 saturated carbocycles. The number of carbonyl (C=O) groups is 2. The van der Waals surface area contributed by atoms with Crippen LogP contribution in [0.1, 0.15) is 61.8 Å². The molecule has 4 heterocycles. The molecule has 0 N–H and O–H groups in total. The van der Waals surface area contributed by atoms with Crippen molar-refractivity contribution >= 4 is 59.0 Å². The maximum absolute atomic E-state index is 13.7. The van der Waals surface area contributed by atoms with E-state index in [1.807, 2.05) is 86.0 Å². The smallest absolute Gasteiger partial charge is 0.291 e. The highest BCUT2D eigenvalue weighted by Crippen LogP contribution is 2.50. The summed E-state index contributed by atoms with van der Waals surface area (Å²) in [6.07, 6.45) is 12.8. The second-order valence-electron chi connectivity index (χ2n) is 17.2. The van der Waals surface area contributed by atoms with Crippen molar-refractivity contribution < 1.29 is 19.4 Å². The molecule has 0 unspecified atom stereocenters. The van der Waals surface area contributed by atoms with E-state index in [1.54, 1.807) is 83.1 Å². The molecule has 4 aromatic carbocycles. The van der Waals surface area contributed by atoms with Crippen LogP contribution in [0.3, 0.4) is 0 Å². The molecule has 6 aromatic rings. The van der Waals surface area contributed by atoms with Gasteiger partial charge in [-0.2, -0.15) is 0 Å². The Morgan fingerprint density at radius 3 is 1.25 bits per heavy atom. The minimum absolute atomic E-state index is 0.0221. The van der Waals surface area contributed by atoms with Crippen LogP contribution in [0.4, 0.5) is 23.3 Å². The van der Waals surface area contributed by atoms with Crippen molar-refractivity contribution in [2.45, 2.75) is 49.3 Å². The summed E-state index contributed by atoms with van der Waals surface area (Å²) in [5.41, 5.74) is 3.96. The van der Waals surface area contributed by atoms with Crippen molar-refractivity contribution in [3.8, 4) is 22.3 Å². The Morgan fingerprint density at radius 2 is 0.899 bits per heavy atom. The van der Waals surface area contributed by atoms with Gasteiger partial charge in [0.25, 0.3) is 11.4 Å². The Balaban J connectivity index is 1.17.